The van der Waals surface area contributed by atoms with Gasteiger partial charge in [-0.2, -0.15) is 0 Å². The van der Waals surface area contributed by atoms with Crippen LogP contribution in [-0.2, 0) is 4.79 Å². The maximum Gasteiger partial charge on any atom is 0.322 e. The lowest BCUT2D eigenvalue weighted by Crippen LogP contribution is -2.44. The van der Waals surface area contributed by atoms with Crippen molar-refractivity contribution in [3.05, 3.63) is 23.2 Å². The largest absolute Gasteiger partial charge is 0.495 e. The average Bonchev–Trinajstić information content (AvgIpc) is 2.63. The van der Waals surface area contributed by atoms with Crippen LogP contribution in [0.3, 0.4) is 0 Å². The van der Waals surface area contributed by atoms with E-state index in [0.717, 1.165) is 0 Å². The summed E-state index contributed by atoms with van der Waals surface area (Å²) in [6.45, 7) is 2.71. The SMILES string of the molecule is COc1cccc(NC(=O)N2CCC(=O)NC[C@@H]2C)c1Cl. The van der Waals surface area contributed by atoms with Crippen LogP contribution < -0.4 is 15.4 Å². The molecule has 1 aliphatic rings. The molecule has 0 radical (unpaired) electrons. The summed E-state index contributed by atoms with van der Waals surface area (Å²) < 4.78 is 5.12. The van der Waals surface area contributed by atoms with Gasteiger partial charge in [-0.15, -0.1) is 0 Å². The van der Waals surface area contributed by atoms with Crippen molar-refractivity contribution in [3.63, 3.8) is 0 Å². The van der Waals surface area contributed by atoms with Crippen LogP contribution in [0.5, 0.6) is 5.75 Å². The van der Waals surface area contributed by atoms with E-state index in [-0.39, 0.29) is 18.0 Å². The van der Waals surface area contributed by atoms with Crippen LogP contribution >= 0.6 is 11.6 Å². The van der Waals surface area contributed by atoms with E-state index >= 15 is 0 Å². The highest BCUT2D eigenvalue weighted by atomic mass is 35.5. The van der Waals surface area contributed by atoms with Crippen molar-refractivity contribution in [2.75, 3.05) is 25.5 Å². The van der Waals surface area contributed by atoms with Gasteiger partial charge in [0.2, 0.25) is 5.91 Å². The van der Waals surface area contributed by atoms with E-state index in [4.69, 9.17) is 16.3 Å². The van der Waals surface area contributed by atoms with Gasteiger partial charge in [0.25, 0.3) is 0 Å². The number of urea groups is 1. The number of anilines is 1. The fraction of sp³-hybridized carbons (Fsp3) is 0.429. The summed E-state index contributed by atoms with van der Waals surface area (Å²) in [5.41, 5.74) is 0.483. The predicted molar refractivity (Wildman–Crippen MR) is 80.8 cm³/mol. The molecule has 0 aliphatic carbocycles. The molecule has 1 aromatic carbocycles. The van der Waals surface area contributed by atoms with E-state index in [1.54, 1.807) is 23.1 Å². The van der Waals surface area contributed by atoms with E-state index in [1.807, 2.05) is 6.92 Å². The van der Waals surface area contributed by atoms with Crippen molar-refractivity contribution >= 4 is 29.2 Å². The molecule has 0 aromatic heterocycles. The Morgan fingerprint density at radius 2 is 2.29 bits per heavy atom. The minimum absolute atomic E-state index is 0.0448. The van der Waals surface area contributed by atoms with Crippen LogP contribution in [0.4, 0.5) is 10.5 Å². The standard InChI is InChI=1S/C14H18ClN3O3/c1-9-8-16-12(19)6-7-18(9)14(20)17-10-4-3-5-11(21-2)13(10)15/h3-5,9H,6-8H2,1-2H3,(H,16,19)(H,17,20)/t9-/m0/s1. The van der Waals surface area contributed by atoms with Crippen LogP contribution in [0.25, 0.3) is 0 Å². The van der Waals surface area contributed by atoms with Crippen molar-refractivity contribution in [2.45, 2.75) is 19.4 Å². The van der Waals surface area contributed by atoms with Crippen molar-refractivity contribution in [2.24, 2.45) is 0 Å². The molecular formula is C14H18ClN3O3. The molecule has 3 amide bonds. The normalized spacial score (nSPS) is 18.7. The van der Waals surface area contributed by atoms with Crippen molar-refractivity contribution < 1.29 is 14.3 Å². The molecule has 1 fully saturated rings. The van der Waals surface area contributed by atoms with Crippen LogP contribution in [0.15, 0.2) is 18.2 Å². The number of carbonyl (C=O) groups excluding carboxylic acids is 2. The van der Waals surface area contributed by atoms with Crippen molar-refractivity contribution in [1.29, 1.82) is 0 Å². The molecule has 2 N–H and O–H groups in total. The van der Waals surface area contributed by atoms with E-state index in [1.165, 1.54) is 7.11 Å². The summed E-state index contributed by atoms with van der Waals surface area (Å²) in [6.07, 6.45) is 0.295. The average molecular weight is 312 g/mol. The van der Waals surface area contributed by atoms with Gasteiger partial charge in [-0.05, 0) is 19.1 Å². The van der Waals surface area contributed by atoms with Crippen LogP contribution in [0.1, 0.15) is 13.3 Å². The van der Waals surface area contributed by atoms with E-state index in [9.17, 15) is 9.59 Å². The molecule has 21 heavy (non-hydrogen) atoms. The highest BCUT2D eigenvalue weighted by molar-refractivity contribution is 6.35. The number of halogens is 1. The van der Waals surface area contributed by atoms with Crippen molar-refractivity contribution in [3.8, 4) is 5.75 Å². The summed E-state index contributed by atoms with van der Waals surface area (Å²) in [7, 11) is 1.51. The number of nitrogens with one attached hydrogen (secondary N) is 2. The van der Waals surface area contributed by atoms with E-state index < -0.39 is 0 Å². The minimum atomic E-state index is -0.283. The molecule has 0 saturated carbocycles. The number of carbonyl (C=O) groups is 2. The molecule has 1 heterocycles. The van der Waals surface area contributed by atoms with Gasteiger partial charge in [0, 0.05) is 25.6 Å². The number of methoxy groups -OCH3 is 1. The smallest absolute Gasteiger partial charge is 0.322 e. The van der Waals surface area contributed by atoms with Gasteiger partial charge in [-0.25, -0.2) is 4.79 Å². The quantitative estimate of drug-likeness (QED) is 0.878. The molecule has 2 rings (SSSR count). The molecule has 1 aromatic rings. The maximum atomic E-state index is 12.4. The predicted octanol–water partition coefficient (Wildman–Crippen LogP) is 2.09. The topological polar surface area (TPSA) is 70.7 Å². The Morgan fingerprint density at radius 3 is 3.00 bits per heavy atom. The molecule has 7 heteroatoms. The van der Waals surface area contributed by atoms with Gasteiger partial charge >= 0.3 is 6.03 Å². The number of hydrogen-bond donors (Lipinski definition) is 2. The number of nitrogens with zero attached hydrogens (tertiary/aromatic N) is 1. The van der Waals surface area contributed by atoms with E-state index in [2.05, 4.69) is 10.6 Å². The van der Waals surface area contributed by atoms with Crippen LogP contribution in [0.2, 0.25) is 5.02 Å². The molecule has 0 spiro atoms. The molecule has 0 unspecified atom stereocenters. The number of hydrogen-bond acceptors (Lipinski definition) is 3. The van der Waals surface area contributed by atoms with Crippen LogP contribution in [-0.4, -0.2) is 43.1 Å². The Bertz CT molecular complexity index is 550. The molecule has 6 nitrogen and oxygen atoms in total. The summed E-state index contributed by atoms with van der Waals surface area (Å²) in [5, 5.41) is 5.88. The first-order valence-electron chi connectivity index (χ1n) is 6.69. The van der Waals surface area contributed by atoms with Gasteiger partial charge in [0.05, 0.1) is 12.8 Å². The lowest BCUT2D eigenvalue weighted by Gasteiger charge is -2.26. The van der Waals surface area contributed by atoms with Crippen LogP contribution in [0, 0.1) is 0 Å². The third-order valence-electron chi connectivity index (χ3n) is 3.39. The second-order valence-electron chi connectivity index (χ2n) is 4.85. The first-order valence-corrected chi connectivity index (χ1v) is 7.07. The molecule has 114 valence electrons. The zero-order valence-electron chi connectivity index (χ0n) is 12.0. The fourth-order valence-corrected chi connectivity index (χ4v) is 2.41. The Balaban J connectivity index is 2.12. The molecule has 1 saturated heterocycles. The third-order valence-corrected chi connectivity index (χ3v) is 3.78. The van der Waals surface area contributed by atoms with Crippen molar-refractivity contribution in [1.82, 2.24) is 10.2 Å². The number of rotatable bonds is 2. The van der Waals surface area contributed by atoms with Gasteiger partial charge in [0.15, 0.2) is 0 Å². The minimum Gasteiger partial charge on any atom is -0.495 e. The summed E-state index contributed by atoms with van der Waals surface area (Å²) >= 11 is 6.16. The molecule has 1 atom stereocenters. The molecule has 0 bridgehead atoms. The van der Waals surface area contributed by atoms with Gasteiger partial charge in [0.1, 0.15) is 10.8 Å². The lowest BCUT2D eigenvalue weighted by molar-refractivity contribution is -0.120. The third kappa shape index (κ3) is 3.58. The summed E-state index contributed by atoms with van der Waals surface area (Å²) in [4.78, 5) is 25.4. The second kappa shape index (κ2) is 6.67. The highest BCUT2D eigenvalue weighted by Gasteiger charge is 2.25. The number of benzene rings is 1. The van der Waals surface area contributed by atoms with Gasteiger partial charge < -0.3 is 20.3 Å². The first-order chi connectivity index (χ1) is 10.0. The van der Waals surface area contributed by atoms with Gasteiger partial charge in [-0.3, -0.25) is 4.79 Å². The summed E-state index contributed by atoms with van der Waals surface area (Å²) in [5.74, 6) is 0.451. The first kappa shape index (κ1) is 15.4. The Labute approximate surface area is 128 Å². The zero-order chi connectivity index (χ0) is 15.4. The Kier molecular flexibility index (Phi) is 4.90. The Hall–Kier alpha value is -1.95. The molecule has 1 aliphatic heterocycles. The lowest BCUT2D eigenvalue weighted by atomic mass is 10.2. The second-order valence-corrected chi connectivity index (χ2v) is 5.23. The fourth-order valence-electron chi connectivity index (χ4n) is 2.16. The number of ether oxygens (including phenoxy) is 1. The highest BCUT2D eigenvalue weighted by Crippen LogP contribution is 2.31. The maximum absolute atomic E-state index is 12.4. The molecular weight excluding hydrogens is 294 g/mol. The number of amides is 3. The van der Waals surface area contributed by atoms with Gasteiger partial charge in [-0.1, -0.05) is 17.7 Å². The summed E-state index contributed by atoms with van der Waals surface area (Å²) in [6, 6.07) is 4.80. The zero-order valence-corrected chi connectivity index (χ0v) is 12.7. The van der Waals surface area contributed by atoms with E-state index in [0.29, 0.717) is 36.0 Å². The monoisotopic (exact) mass is 311 g/mol. The Morgan fingerprint density at radius 1 is 1.52 bits per heavy atom.